The number of aromatic nitrogens is 3. The number of aldehydes is 1. The normalized spacial score (nSPS) is 17.9. The summed E-state index contributed by atoms with van der Waals surface area (Å²) < 4.78 is 18.1. The van der Waals surface area contributed by atoms with E-state index >= 15 is 4.39 Å². The van der Waals surface area contributed by atoms with E-state index in [-0.39, 0.29) is 12.3 Å². The zero-order chi connectivity index (χ0) is 28.8. The summed E-state index contributed by atoms with van der Waals surface area (Å²) in [4.78, 5) is 39.6. The highest BCUT2D eigenvalue weighted by molar-refractivity contribution is 5.93. The van der Waals surface area contributed by atoms with E-state index in [1.165, 1.54) is 0 Å². The maximum Gasteiger partial charge on any atom is 0.228 e. The summed E-state index contributed by atoms with van der Waals surface area (Å²) in [6.07, 6.45) is 6.41. The van der Waals surface area contributed by atoms with Crippen LogP contribution in [0.3, 0.4) is 0 Å². The second kappa shape index (κ2) is 12.8. The van der Waals surface area contributed by atoms with Crippen LogP contribution >= 0.6 is 0 Å². The van der Waals surface area contributed by atoms with Crippen LogP contribution in [-0.2, 0) is 16.1 Å². The fraction of sp³-hybridized carbons (Fsp3) is 0.500. The van der Waals surface area contributed by atoms with Gasteiger partial charge in [-0.3, -0.25) is 19.7 Å². The molecule has 1 aromatic carbocycles. The van der Waals surface area contributed by atoms with Gasteiger partial charge in [-0.1, -0.05) is 6.07 Å². The van der Waals surface area contributed by atoms with Crippen LogP contribution in [0, 0.1) is 5.92 Å². The topological polar surface area (TPSA) is 104 Å². The first-order chi connectivity index (χ1) is 19.9. The van der Waals surface area contributed by atoms with Crippen molar-refractivity contribution in [2.24, 2.45) is 5.92 Å². The molecule has 0 aliphatic carbocycles. The molecule has 1 N–H and O–H groups in total. The van der Waals surface area contributed by atoms with Gasteiger partial charge >= 0.3 is 0 Å². The number of piperidine rings is 2. The molecule has 10 nitrogen and oxygen atoms in total. The van der Waals surface area contributed by atoms with Crippen LogP contribution in [-0.4, -0.2) is 90.3 Å². The number of carbonyl (C=O) groups is 3. The highest BCUT2D eigenvalue weighted by atomic mass is 19.1. The number of hydrogen-bond donors (Lipinski definition) is 1. The van der Waals surface area contributed by atoms with Crippen molar-refractivity contribution in [3.63, 3.8) is 0 Å². The lowest BCUT2D eigenvalue weighted by Crippen LogP contribution is -2.46. The van der Waals surface area contributed by atoms with Gasteiger partial charge in [0.1, 0.15) is 11.4 Å². The maximum atomic E-state index is 16.1. The van der Waals surface area contributed by atoms with Crippen molar-refractivity contribution < 1.29 is 18.8 Å². The first-order valence-electron chi connectivity index (χ1n) is 14.3. The van der Waals surface area contributed by atoms with E-state index < -0.39 is 5.67 Å². The quantitative estimate of drug-likeness (QED) is 0.355. The van der Waals surface area contributed by atoms with E-state index in [1.807, 2.05) is 53.0 Å². The van der Waals surface area contributed by atoms with Crippen LogP contribution in [0.4, 0.5) is 15.9 Å². The molecule has 2 saturated heterocycles. The van der Waals surface area contributed by atoms with Crippen molar-refractivity contribution in [1.82, 2.24) is 25.0 Å². The van der Waals surface area contributed by atoms with Gasteiger partial charge in [-0.15, -0.1) is 10.2 Å². The number of alkyl halides is 1. The van der Waals surface area contributed by atoms with Crippen LogP contribution in [0.2, 0.25) is 0 Å². The Hall–Kier alpha value is -3.86. The Morgan fingerprint density at radius 2 is 1.88 bits per heavy atom. The Labute approximate surface area is 239 Å². The van der Waals surface area contributed by atoms with Crippen molar-refractivity contribution >= 4 is 41.0 Å². The predicted molar refractivity (Wildman–Crippen MR) is 156 cm³/mol. The first kappa shape index (κ1) is 28.7. The van der Waals surface area contributed by atoms with Gasteiger partial charge in [0.25, 0.3) is 0 Å². The van der Waals surface area contributed by atoms with E-state index in [1.54, 1.807) is 6.07 Å². The molecule has 0 radical (unpaired) electrons. The smallest absolute Gasteiger partial charge is 0.228 e. The van der Waals surface area contributed by atoms with Crippen LogP contribution in [0.15, 0.2) is 42.6 Å². The fourth-order valence-corrected chi connectivity index (χ4v) is 6.08. The number of benzene rings is 1. The summed E-state index contributed by atoms with van der Waals surface area (Å²) in [5, 5.41) is 11.3. The number of likely N-dealkylation sites (tertiary alicyclic amines) is 1. The van der Waals surface area contributed by atoms with Crippen LogP contribution in [0.5, 0.6) is 0 Å². The van der Waals surface area contributed by atoms with Gasteiger partial charge in [-0.05, 0) is 61.9 Å². The number of nitrogens with one attached hydrogen (secondary N) is 1. The number of anilines is 2. The maximum absolute atomic E-state index is 16.1. The van der Waals surface area contributed by atoms with E-state index in [0.29, 0.717) is 50.2 Å². The summed E-state index contributed by atoms with van der Waals surface area (Å²) in [5.74, 6) is 1.08. The van der Waals surface area contributed by atoms with Crippen molar-refractivity contribution in [2.75, 3.05) is 56.1 Å². The van der Waals surface area contributed by atoms with Crippen molar-refractivity contribution in [3.05, 3.63) is 48.3 Å². The minimum Gasteiger partial charge on any atom is -0.374 e. The molecular formula is C30H38FN7O3. The van der Waals surface area contributed by atoms with E-state index in [2.05, 4.69) is 25.3 Å². The minimum atomic E-state index is -1.26. The van der Waals surface area contributed by atoms with Crippen molar-refractivity contribution in [2.45, 2.75) is 44.3 Å². The summed E-state index contributed by atoms with van der Waals surface area (Å²) in [6, 6.07) is 11.5. The Bertz CT molecular complexity index is 1350. The number of imide groups is 1. The fourth-order valence-electron chi connectivity index (χ4n) is 6.08. The van der Waals surface area contributed by atoms with Crippen molar-refractivity contribution in [3.8, 4) is 0 Å². The van der Waals surface area contributed by atoms with Gasteiger partial charge < -0.3 is 19.3 Å². The lowest BCUT2D eigenvalue weighted by molar-refractivity contribution is -0.125. The van der Waals surface area contributed by atoms with Gasteiger partial charge in [0, 0.05) is 70.0 Å². The molecule has 11 heteroatoms. The molecule has 2 aliphatic heterocycles. The molecule has 0 bridgehead atoms. The summed E-state index contributed by atoms with van der Waals surface area (Å²) >= 11 is 0. The second-order valence-corrected chi connectivity index (χ2v) is 11.3. The average molecular weight is 564 g/mol. The zero-order valence-electron chi connectivity index (χ0n) is 23.5. The molecule has 0 saturated carbocycles. The molecule has 41 heavy (non-hydrogen) atoms. The van der Waals surface area contributed by atoms with E-state index in [0.717, 1.165) is 68.0 Å². The third-order valence-electron chi connectivity index (χ3n) is 8.55. The third kappa shape index (κ3) is 6.90. The highest BCUT2D eigenvalue weighted by Crippen LogP contribution is 2.33. The van der Waals surface area contributed by atoms with E-state index in [4.69, 9.17) is 0 Å². The Morgan fingerprint density at radius 1 is 1.10 bits per heavy atom. The number of fused-ring (bicyclic) bond motifs is 1. The van der Waals surface area contributed by atoms with Crippen molar-refractivity contribution in [1.29, 1.82) is 0 Å². The molecule has 3 aromatic rings. The zero-order valence-corrected chi connectivity index (χ0v) is 23.5. The average Bonchev–Trinajstić information content (AvgIpc) is 3.40. The molecule has 0 spiro atoms. The first-order valence-corrected chi connectivity index (χ1v) is 14.3. The number of carbonyl (C=O) groups excluding carboxylic acids is 3. The SMILES string of the molecule is CN(CCC(=O)NC=O)c1cccc2c1ccn2CC1(F)CCN(CC2CCN(c3ccc(C=O)nn3)CC2)CC1. The van der Waals surface area contributed by atoms with Gasteiger partial charge in [0.05, 0.1) is 12.1 Å². The highest BCUT2D eigenvalue weighted by Gasteiger charge is 2.36. The van der Waals surface area contributed by atoms with Gasteiger partial charge in [-0.25, -0.2) is 4.39 Å². The van der Waals surface area contributed by atoms with Gasteiger partial charge in [0.15, 0.2) is 12.1 Å². The molecule has 0 unspecified atom stereocenters. The molecule has 0 atom stereocenters. The number of rotatable bonds is 11. The molecule has 2 amide bonds. The number of hydrogen-bond acceptors (Lipinski definition) is 8. The lowest BCUT2D eigenvalue weighted by Gasteiger charge is -2.40. The molecule has 2 aliphatic rings. The molecular weight excluding hydrogens is 525 g/mol. The van der Waals surface area contributed by atoms with Crippen LogP contribution in [0.25, 0.3) is 10.9 Å². The number of halogens is 1. The summed E-state index contributed by atoms with van der Waals surface area (Å²) in [6.45, 7) is 5.11. The second-order valence-electron chi connectivity index (χ2n) is 11.3. The van der Waals surface area contributed by atoms with Crippen LogP contribution < -0.4 is 15.1 Å². The lowest BCUT2D eigenvalue weighted by atomic mass is 9.90. The monoisotopic (exact) mass is 563 g/mol. The third-order valence-corrected chi connectivity index (χ3v) is 8.55. The molecule has 5 rings (SSSR count). The summed E-state index contributed by atoms with van der Waals surface area (Å²) in [5.41, 5.74) is 1.03. The molecule has 218 valence electrons. The largest absolute Gasteiger partial charge is 0.374 e. The van der Waals surface area contributed by atoms with Crippen LogP contribution in [0.1, 0.15) is 42.6 Å². The van der Waals surface area contributed by atoms with Gasteiger partial charge in [-0.2, -0.15) is 0 Å². The molecule has 2 fully saturated rings. The Morgan fingerprint density at radius 3 is 2.56 bits per heavy atom. The Kier molecular flexibility index (Phi) is 8.92. The van der Waals surface area contributed by atoms with E-state index in [9.17, 15) is 14.4 Å². The summed E-state index contributed by atoms with van der Waals surface area (Å²) in [7, 11) is 1.91. The molecule has 2 aromatic heterocycles. The number of nitrogens with zero attached hydrogens (tertiary/aromatic N) is 6. The predicted octanol–water partition coefficient (Wildman–Crippen LogP) is 3.06. The Balaban J connectivity index is 1.12. The standard InChI is InChI=1S/C30H38FN7O3/c1-35(13-10-29(41)32-22-40)26-3-2-4-27-25(26)9-16-38(27)21-30(31)11-17-36(18-12-30)19-23-7-14-37(15-8-23)28-6-5-24(20-39)33-34-28/h2-6,9,16,20,22-23H,7-8,10-15,17-19,21H2,1H3,(H,32,40,41). The number of amides is 2. The van der Waals surface area contributed by atoms with Gasteiger partial charge in [0.2, 0.25) is 12.3 Å². The minimum absolute atomic E-state index is 0.209. The molecule has 4 heterocycles.